The Labute approximate surface area is 632 Å². The topological polar surface area (TPSA) is 105 Å². The van der Waals surface area contributed by atoms with Crippen molar-refractivity contribution < 1.29 is 4.42 Å². The number of benzene rings is 16. The molecule has 0 fully saturated rings. The molecule has 24 rings (SSSR count). The predicted molar refractivity (Wildman–Crippen MR) is 454 cm³/mol. The maximum absolute atomic E-state index is 9.82. The minimum Gasteiger partial charge on any atom is -0.456 e. The van der Waals surface area contributed by atoms with E-state index in [0.717, 1.165) is 182 Å². The molecule has 8 heterocycles. The SMILES string of the molecule is N#Cc1ccc2oc3ccc(-n4c5ccccc5c5cc6c(cc54)c4ccccc4n6-c4cccc(-c5ccc(-c6ccc(-n7c8ccccc8c8c7ccc7c9ccccc9n(-c9nc(-c%10ccccc%10)nc(-n%10c%11ccccc%11c%11ccc%12c%13ccccc%13n(-c%13ccccc%13)c%12c%11%10)n9)c78)cc6)cc5)c4)cc3c2c1. The van der Waals surface area contributed by atoms with Crippen LogP contribution in [-0.2, 0) is 0 Å². The first-order chi connectivity index (χ1) is 55.0. The van der Waals surface area contributed by atoms with Gasteiger partial charge < -0.3 is 22.7 Å². The number of nitriles is 1. The van der Waals surface area contributed by atoms with Crippen molar-refractivity contribution in [3.8, 4) is 74.4 Å². The van der Waals surface area contributed by atoms with Crippen LogP contribution in [0.3, 0.4) is 0 Å². The standard InChI is InChI=1S/C100H58N10O/c101-59-60-38-52-92-81(54-60)82-56-69(47-53-93(82)111-92)107-84-33-14-11-30-74(84)80-57-90-79(58-91(80)107)73-29-10-13-32-83(73)106(90)68-25-19-22-65(55-68)63-41-39-61(40-42-63)62-43-45-67(46-44-62)105-88-37-18-12-31-78(88)94-89(105)51-50-75-70-26-8-16-35-86(70)109(95(75)94)99-102-98(64-20-3-1-4-21-64)103-100(104-99)110-87-36-17-9-28-72(87)77-49-48-76-71-27-7-15-34-85(71)108(96(76)97(77)110)66-23-5-2-6-24-66/h1-58H. The van der Waals surface area contributed by atoms with Gasteiger partial charge in [-0.25, -0.2) is 0 Å². The summed E-state index contributed by atoms with van der Waals surface area (Å²) < 4.78 is 20.5. The lowest BCUT2D eigenvalue weighted by atomic mass is 10.00. The third-order valence-corrected chi connectivity index (χ3v) is 23.1. The van der Waals surface area contributed by atoms with Gasteiger partial charge in [0, 0.05) is 104 Å². The second-order valence-electron chi connectivity index (χ2n) is 29.0. The number of rotatable bonds is 9. The molecule has 0 atom stereocenters. The molecule has 11 heteroatoms. The van der Waals surface area contributed by atoms with Gasteiger partial charge in [-0.3, -0.25) is 9.13 Å². The highest BCUT2D eigenvalue weighted by Crippen LogP contribution is 2.47. The minimum atomic E-state index is 0.513. The Kier molecular flexibility index (Phi) is 12.8. The van der Waals surface area contributed by atoms with Crippen LogP contribution >= 0.6 is 0 Å². The fourth-order valence-corrected chi connectivity index (χ4v) is 18.3. The largest absolute Gasteiger partial charge is 0.456 e. The third-order valence-electron chi connectivity index (χ3n) is 23.1. The molecule has 0 saturated heterocycles. The molecular weight excluding hydrogens is 1360 g/mol. The zero-order chi connectivity index (χ0) is 72.7. The molecular formula is C100H58N10O. The van der Waals surface area contributed by atoms with Crippen LogP contribution in [0, 0.1) is 11.3 Å². The monoisotopic (exact) mass is 1410 g/mol. The Morgan fingerprint density at radius 2 is 0.622 bits per heavy atom. The molecule has 0 N–H and O–H groups in total. The van der Waals surface area contributed by atoms with Crippen molar-refractivity contribution in [3.05, 3.63) is 357 Å². The molecule has 0 unspecified atom stereocenters. The lowest BCUT2D eigenvalue weighted by Gasteiger charge is -2.14. The number of aromatic nitrogens is 9. The van der Waals surface area contributed by atoms with Gasteiger partial charge in [0.05, 0.1) is 77.8 Å². The van der Waals surface area contributed by atoms with Gasteiger partial charge >= 0.3 is 0 Å². The maximum atomic E-state index is 9.82. The van der Waals surface area contributed by atoms with Crippen LogP contribution in [0.1, 0.15) is 5.56 Å². The third kappa shape index (κ3) is 8.86. The summed E-state index contributed by atoms with van der Waals surface area (Å²) in [6.07, 6.45) is 0. The van der Waals surface area contributed by atoms with Crippen molar-refractivity contribution in [1.29, 1.82) is 5.26 Å². The maximum Gasteiger partial charge on any atom is 0.240 e. The van der Waals surface area contributed by atoms with Gasteiger partial charge in [-0.1, -0.05) is 224 Å². The van der Waals surface area contributed by atoms with Crippen molar-refractivity contribution in [2.45, 2.75) is 0 Å². The fraction of sp³-hybridized carbons (Fsp3) is 0. The first-order valence-electron chi connectivity index (χ1n) is 37.5. The molecule has 111 heavy (non-hydrogen) atoms. The van der Waals surface area contributed by atoms with Gasteiger partial charge in [-0.15, -0.1) is 0 Å². The van der Waals surface area contributed by atoms with Gasteiger partial charge in [0.2, 0.25) is 11.9 Å². The summed E-state index contributed by atoms with van der Waals surface area (Å²) in [6.45, 7) is 0. The van der Waals surface area contributed by atoms with Crippen LogP contribution in [0.2, 0.25) is 0 Å². The second-order valence-corrected chi connectivity index (χ2v) is 29.0. The Morgan fingerprint density at radius 3 is 1.21 bits per heavy atom. The summed E-state index contributed by atoms with van der Waals surface area (Å²) in [7, 11) is 0. The normalized spacial score (nSPS) is 12.1. The van der Waals surface area contributed by atoms with E-state index in [0.29, 0.717) is 23.3 Å². The van der Waals surface area contributed by atoms with Crippen LogP contribution in [0.4, 0.5) is 0 Å². The molecule has 11 nitrogen and oxygen atoms in total. The van der Waals surface area contributed by atoms with E-state index >= 15 is 0 Å². The van der Waals surface area contributed by atoms with Crippen LogP contribution in [0.15, 0.2) is 356 Å². The molecule has 0 amide bonds. The van der Waals surface area contributed by atoms with Crippen molar-refractivity contribution in [1.82, 2.24) is 42.4 Å². The van der Waals surface area contributed by atoms with E-state index in [2.05, 4.69) is 361 Å². The molecule has 0 radical (unpaired) electrons. The van der Waals surface area contributed by atoms with Crippen molar-refractivity contribution in [2.24, 2.45) is 0 Å². The molecule has 8 aromatic heterocycles. The zero-order valence-corrected chi connectivity index (χ0v) is 59.4. The minimum absolute atomic E-state index is 0.513. The summed E-state index contributed by atoms with van der Waals surface area (Å²) in [4.78, 5) is 16.9. The van der Waals surface area contributed by atoms with Gasteiger partial charge in [-0.2, -0.15) is 20.2 Å². The summed E-state index contributed by atoms with van der Waals surface area (Å²) in [5.41, 5.74) is 24.6. The van der Waals surface area contributed by atoms with E-state index in [1.807, 2.05) is 24.3 Å². The molecule has 24 aromatic rings. The van der Waals surface area contributed by atoms with E-state index in [1.165, 1.54) is 21.5 Å². The van der Waals surface area contributed by atoms with E-state index in [-0.39, 0.29) is 0 Å². The van der Waals surface area contributed by atoms with Crippen molar-refractivity contribution >= 4 is 153 Å². The average Bonchev–Trinajstić information content (AvgIpc) is 1.55. The Balaban J connectivity index is 0.614. The molecule has 0 bridgehead atoms. The second kappa shape index (κ2) is 23.3. The highest BCUT2D eigenvalue weighted by atomic mass is 16.3. The van der Waals surface area contributed by atoms with E-state index in [4.69, 9.17) is 19.4 Å². The highest BCUT2D eigenvalue weighted by Gasteiger charge is 2.28. The molecule has 0 aliphatic rings. The van der Waals surface area contributed by atoms with Crippen LogP contribution in [-0.4, -0.2) is 42.4 Å². The van der Waals surface area contributed by atoms with Gasteiger partial charge in [0.25, 0.3) is 0 Å². The smallest absolute Gasteiger partial charge is 0.240 e. The number of hydrogen-bond donors (Lipinski definition) is 0. The summed E-state index contributed by atoms with van der Waals surface area (Å²) in [6, 6.07) is 128. The molecule has 0 saturated carbocycles. The quantitative estimate of drug-likeness (QED) is 0.143. The zero-order valence-electron chi connectivity index (χ0n) is 59.4. The lowest BCUT2D eigenvalue weighted by Crippen LogP contribution is -2.10. The fourth-order valence-electron chi connectivity index (χ4n) is 18.3. The Morgan fingerprint density at radius 1 is 0.225 bits per heavy atom. The van der Waals surface area contributed by atoms with E-state index in [1.54, 1.807) is 0 Å². The Bertz CT molecular complexity index is 8140. The van der Waals surface area contributed by atoms with Crippen LogP contribution < -0.4 is 0 Å². The van der Waals surface area contributed by atoms with Crippen molar-refractivity contribution in [3.63, 3.8) is 0 Å². The highest BCUT2D eigenvalue weighted by molar-refractivity contribution is 6.27. The average molecular weight is 1420 g/mol. The lowest BCUT2D eigenvalue weighted by molar-refractivity contribution is 0.669. The molecule has 0 aliphatic heterocycles. The van der Waals surface area contributed by atoms with Gasteiger partial charge in [-0.05, 0) is 150 Å². The van der Waals surface area contributed by atoms with E-state index < -0.39 is 0 Å². The molecule has 16 aromatic carbocycles. The number of fused-ring (bicyclic) bond motifs is 23. The first-order valence-corrected chi connectivity index (χ1v) is 37.5. The predicted octanol–water partition coefficient (Wildman–Crippen LogP) is 25.2. The number of para-hydroxylation sites is 7. The van der Waals surface area contributed by atoms with Crippen molar-refractivity contribution in [2.75, 3.05) is 0 Å². The first kappa shape index (κ1) is 60.8. The summed E-state index contributed by atoms with van der Waals surface area (Å²) >= 11 is 0. The van der Waals surface area contributed by atoms with E-state index in [9.17, 15) is 5.26 Å². The molecule has 514 valence electrons. The van der Waals surface area contributed by atoms with Gasteiger partial charge in [0.1, 0.15) is 11.2 Å². The molecule has 0 spiro atoms. The summed E-state index contributed by atoms with van der Waals surface area (Å²) in [5.74, 6) is 1.59. The summed E-state index contributed by atoms with van der Waals surface area (Å²) in [5, 5.41) is 25.3. The number of nitrogens with zero attached hydrogens (tertiary/aromatic N) is 10. The van der Waals surface area contributed by atoms with Crippen LogP contribution in [0.5, 0.6) is 0 Å². The van der Waals surface area contributed by atoms with Gasteiger partial charge in [0.15, 0.2) is 5.82 Å². The number of hydrogen-bond acceptors (Lipinski definition) is 5. The molecule has 0 aliphatic carbocycles. The van der Waals surface area contributed by atoms with Crippen LogP contribution in [0.25, 0.3) is 221 Å². The number of furan rings is 1. The Hall–Kier alpha value is -15.4.